The molecule has 2 N–H and O–H groups in total. The van der Waals surface area contributed by atoms with E-state index in [0.29, 0.717) is 23.2 Å². The lowest BCUT2D eigenvalue weighted by Gasteiger charge is -2.34. The fourth-order valence-electron chi connectivity index (χ4n) is 5.14. The Bertz CT molecular complexity index is 1240. The maximum atomic E-state index is 13.5. The zero-order valence-corrected chi connectivity index (χ0v) is 18.4. The number of H-pyrrole nitrogens is 1. The third-order valence-corrected chi connectivity index (χ3v) is 6.94. The topological polar surface area (TPSA) is 89.3 Å². The number of piperidine rings is 1. The number of ether oxygens (including phenoxy) is 1. The van der Waals surface area contributed by atoms with Gasteiger partial charge in [0.2, 0.25) is 0 Å². The first-order valence-electron chi connectivity index (χ1n) is 11.2. The van der Waals surface area contributed by atoms with Crippen LogP contribution < -0.4 is 4.74 Å². The van der Waals surface area contributed by atoms with Crippen LogP contribution in [-0.4, -0.2) is 53.1 Å². The lowest BCUT2D eigenvalue weighted by molar-refractivity contribution is 0.0887. The summed E-state index contributed by atoms with van der Waals surface area (Å²) < 4.78 is 6.31. The number of carbonyl (C=O) groups is 1. The summed E-state index contributed by atoms with van der Waals surface area (Å²) in [4.78, 5) is 19.2. The number of nitrogens with one attached hydrogen (secondary N) is 1. The molecule has 0 bridgehead atoms. The van der Waals surface area contributed by atoms with E-state index in [0.717, 1.165) is 53.8 Å². The van der Waals surface area contributed by atoms with Crippen LogP contribution in [0, 0.1) is 11.3 Å². The second-order valence-electron chi connectivity index (χ2n) is 9.29. The van der Waals surface area contributed by atoms with Gasteiger partial charge in [-0.3, -0.25) is 4.79 Å². The van der Waals surface area contributed by atoms with Gasteiger partial charge in [-0.2, -0.15) is 5.26 Å². The Morgan fingerprint density at radius 3 is 2.72 bits per heavy atom. The van der Waals surface area contributed by atoms with E-state index in [2.05, 4.69) is 29.8 Å². The van der Waals surface area contributed by atoms with E-state index in [-0.39, 0.29) is 18.5 Å². The summed E-state index contributed by atoms with van der Waals surface area (Å²) in [5.74, 6) is 0.797. The fourth-order valence-corrected chi connectivity index (χ4v) is 5.14. The van der Waals surface area contributed by atoms with Crippen molar-refractivity contribution < 1.29 is 14.6 Å². The van der Waals surface area contributed by atoms with Crippen LogP contribution in [0.5, 0.6) is 5.75 Å². The molecule has 1 aliphatic carbocycles. The highest BCUT2D eigenvalue weighted by Crippen LogP contribution is 2.44. The van der Waals surface area contributed by atoms with E-state index in [1.807, 2.05) is 24.3 Å². The molecule has 5 rings (SSSR count). The third-order valence-electron chi connectivity index (χ3n) is 6.94. The number of aromatic amines is 1. The van der Waals surface area contributed by atoms with E-state index < -0.39 is 5.41 Å². The Morgan fingerprint density at radius 1 is 1.22 bits per heavy atom. The number of fused-ring (bicyclic) bond motifs is 4. The quantitative estimate of drug-likeness (QED) is 0.659. The number of aliphatic hydroxyl groups is 1. The number of β-amino-alcohol motifs (C(OH)–C–C–N with tert-alkyl or cyclic N) is 1. The molecule has 164 valence electrons. The first-order chi connectivity index (χ1) is 15.4. The Balaban J connectivity index is 1.47. The smallest absolute Gasteiger partial charge is 0.195 e. The van der Waals surface area contributed by atoms with Gasteiger partial charge in [-0.15, -0.1) is 0 Å². The maximum absolute atomic E-state index is 13.5. The van der Waals surface area contributed by atoms with Crippen LogP contribution in [0.4, 0.5) is 0 Å². The molecule has 0 amide bonds. The van der Waals surface area contributed by atoms with Gasteiger partial charge in [0.1, 0.15) is 11.9 Å². The molecule has 0 radical (unpaired) electrons. The van der Waals surface area contributed by atoms with E-state index in [9.17, 15) is 10.1 Å². The van der Waals surface area contributed by atoms with E-state index in [4.69, 9.17) is 9.84 Å². The minimum Gasteiger partial charge on any atom is -0.490 e. The molecule has 1 fully saturated rings. The first kappa shape index (κ1) is 20.7. The number of hydrogen-bond acceptors (Lipinski definition) is 5. The number of rotatable bonds is 4. The molecule has 0 atom stereocenters. The van der Waals surface area contributed by atoms with Gasteiger partial charge in [0, 0.05) is 47.2 Å². The average molecular weight is 430 g/mol. The number of benzene rings is 2. The van der Waals surface area contributed by atoms with Crippen molar-refractivity contribution in [2.45, 2.75) is 38.2 Å². The van der Waals surface area contributed by atoms with Crippen molar-refractivity contribution in [1.82, 2.24) is 9.88 Å². The molecule has 0 spiro atoms. The summed E-state index contributed by atoms with van der Waals surface area (Å²) in [6.07, 6.45) is 1.98. The van der Waals surface area contributed by atoms with Gasteiger partial charge in [-0.05, 0) is 48.7 Å². The molecule has 3 aromatic rings. The molecule has 2 aromatic carbocycles. The van der Waals surface area contributed by atoms with E-state index in [1.54, 1.807) is 12.1 Å². The largest absolute Gasteiger partial charge is 0.490 e. The number of ketones is 1. The molecule has 2 heterocycles. The number of nitrogens with zero attached hydrogens (tertiary/aromatic N) is 2. The standard InChI is InChI=1S/C26H27N3O3/c1-26(2)21-14-18(32-17-7-9-29(10-8-17)11-12-30)4-6-19(21)24(31)23-20-5-3-16(15-27)13-22(20)28-25(23)26/h3-6,13-14,17,28,30H,7-12H2,1-2H3. The molecule has 0 saturated carbocycles. The minimum atomic E-state index is -0.408. The molecule has 6 heteroatoms. The number of hydrogen-bond donors (Lipinski definition) is 2. The van der Waals surface area contributed by atoms with Crippen LogP contribution in [0.1, 0.15) is 59.4 Å². The van der Waals surface area contributed by atoms with Crippen molar-refractivity contribution in [2.24, 2.45) is 0 Å². The molecular weight excluding hydrogens is 402 g/mol. The molecule has 32 heavy (non-hydrogen) atoms. The zero-order chi connectivity index (χ0) is 22.5. The normalized spacial score (nSPS) is 18.2. The zero-order valence-electron chi connectivity index (χ0n) is 18.4. The number of aliphatic hydroxyl groups excluding tert-OH is 1. The number of aromatic nitrogens is 1. The van der Waals surface area contributed by atoms with Gasteiger partial charge in [0.15, 0.2) is 5.78 Å². The summed E-state index contributed by atoms with van der Waals surface area (Å²) in [5.41, 5.74) is 4.22. The third kappa shape index (κ3) is 3.29. The van der Waals surface area contributed by atoms with Crippen molar-refractivity contribution in [1.29, 1.82) is 5.26 Å². The summed E-state index contributed by atoms with van der Waals surface area (Å²) in [7, 11) is 0. The second kappa shape index (κ2) is 7.77. The molecule has 6 nitrogen and oxygen atoms in total. The molecule has 1 aliphatic heterocycles. The second-order valence-corrected chi connectivity index (χ2v) is 9.29. The summed E-state index contributed by atoms with van der Waals surface area (Å²) >= 11 is 0. The number of likely N-dealkylation sites (tertiary alicyclic amines) is 1. The number of nitriles is 1. The van der Waals surface area contributed by atoms with Gasteiger partial charge in [-0.1, -0.05) is 19.9 Å². The molecule has 2 aliphatic rings. The van der Waals surface area contributed by atoms with Crippen LogP contribution in [0.2, 0.25) is 0 Å². The summed E-state index contributed by atoms with van der Waals surface area (Å²) in [6, 6.07) is 13.4. The fraction of sp³-hybridized carbons (Fsp3) is 0.385. The predicted octanol–water partition coefficient (Wildman–Crippen LogP) is 3.75. The van der Waals surface area contributed by atoms with Crippen LogP contribution in [0.15, 0.2) is 36.4 Å². The number of carbonyl (C=O) groups excluding carboxylic acids is 1. The van der Waals surface area contributed by atoms with Crippen molar-refractivity contribution in [3.05, 3.63) is 64.3 Å². The van der Waals surface area contributed by atoms with Crippen molar-refractivity contribution in [2.75, 3.05) is 26.2 Å². The van der Waals surface area contributed by atoms with Gasteiger partial charge < -0.3 is 19.7 Å². The Hall–Kier alpha value is -3.14. The van der Waals surface area contributed by atoms with Crippen molar-refractivity contribution in [3.63, 3.8) is 0 Å². The lowest BCUT2D eigenvalue weighted by atomic mass is 9.71. The van der Waals surface area contributed by atoms with Crippen molar-refractivity contribution >= 4 is 16.7 Å². The first-order valence-corrected chi connectivity index (χ1v) is 11.2. The van der Waals surface area contributed by atoms with E-state index in [1.165, 1.54) is 0 Å². The molecule has 1 saturated heterocycles. The Morgan fingerprint density at radius 2 is 2.00 bits per heavy atom. The maximum Gasteiger partial charge on any atom is 0.195 e. The van der Waals surface area contributed by atoms with Gasteiger partial charge >= 0.3 is 0 Å². The van der Waals surface area contributed by atoms with Crippen LogP contribution in [-0.2, 0) is 5.41 Å². The van der Waals surface area contributed by atoms with E-state index >= 15 is 0 Å². The van der Waals surface area contributed by atoms with Gasteiger partial charge in [0.25, 0.3) is 0 Å². The van der Waals surface area contributed by atoms with Crippen LogP contribution in [0.3, 0.4) is 0 Å². The van der Waals surface area contributed by atoms with Crippen LogP contribution >= 0.6 is 0 Å². The highest BCUT2D eigenvalue weighted by molar-refractivity contribution is 6.20. The molecule has 1 aromatic heterocycles. The highest BCUT2D eigenvalue weighted by atomic mass is 16.5. The molecular formula is C26H27N3O3. The summed E-state index contributed by atoms with van der Waals surface area (Å²) in [6.45, 7) is 6.98. The SMILES string of the molecule is CC1(C)c2cc(OC3CCN(CCO)CC3)ccc2C(=O)c2c1[nH]c1cc(C#N)ccc21. The minimum absolute atomic E-state index is 0.00847. The van der Waals surface area contributed by atoms with Gasteiger partial charge in [-0.25, -0.2) is 0 Å². The van der Waals surface area contributed by atoms with Crippen molar-refractivity contribution in [3.8, 4) is 11.8 Å². The predicted molar refractivity (Wildman–Crippen MR) is 122 cm³/mol. The van der Waals surface area contributed by atoms with Gasteiger partial charge in [0.05, 0.1) is 23.8 Å². The Kier molecular flexibility index (Phi) is 5.04. The highest BCUT2D eigenvalue weighted by Gasteiger charge is 2.40. The van der Waals surface area contributed by atoms with Crippen LogP contribution in [0.25, 0.3) is 10.9 Å². The lowest BCUT2D eigenvalue weighted by Crippen LogP contribution is -2.39. The molecule has 0 unspecified atom stereocenters. The monoisotopic (exact) mass is 429 g/mol. The average Bonchev–Trinajstić information content (AvgIpc) is 3.19. The Labute approximate surface area is 187 Å². The summed E-state index contributed by atoms with van der Waals surface area (Å²) in [5, 5.41) is 19.2.